The predicted molar refractivity (Wildman–Crippen MR) is 224 cm³/mol. The van der Waals surface area contributed by atoms with Gasteiger partial charge in [0.05, 0.1) is 28.9 Å². The monoisotopic (exact) mass is 940 g/mol. The Hall–Kier alpha value is -6.22. The highest BCUT2D eigenvalue weighted by Crippen LogP contribution is 2.70. The largest absolute Gasteiger partial charge is 0.464 e. The van der Waals surface area contributed by atoms with Crippen molar-refractivity contribution in [3.63, 3.8) is 0 Å². The fraction of sp³-hybridized carbons (Fsp3) is 0.609. The SMILES string of the molecule is CCC(C)C(=O)OC[C@]12[C@H](OC(C)=O)[C@H](OC(C)=O)[C@@H]3[C@@H](OC(C)=O)[C@@]14O[C@@]3(C)COC(=O)c1cnccc1[C@@H](C)[C@H](C)C(=O)O[C@@H]([C@H](OC(=O)c1ccc(=O)n(C)c1)[C@@H]2OC(C)=O)[C@]4(C)O. The molecule has 4 bridgehead atoms. The first kappa shape index (κ1) is 50.2. The third kappa shape index (κ3) is 8.44. The molecule has 2 aromatic rings. The van der Waals surface area contributed by atoms with Crippen molar-refractivity contribution in [3.05, 3.63) is 63.8 Å². The molecule has 0 radical (unpaired) electrons. The number of aliphatic hydroxyl groups is 1. The predicted octanol–water partition coefficient (Wildman–Crippen LogP) is 2.05. The molecule has 4 aliphatic rings. The summed E-state index contributed by atoms with van der Waals surface area (Å²) in [5, 5.41) is 13.9. The molecule has 21 heteroatoms. The molecule has 21 nitrogen and oxygen atoms in total. The number of pyridine rings is 2. The number of ether oxygens (including phenoxy) is 9. The standard InChI is InChI=1S/C46H56N2O19/c1-12-21(2)39(54)60-20-45-37(63-26(7)51)33(61-24(5)49)32-35(62-25(6)50)46(45)44(10,58)36(34(38(45)64-27(8)52)65-41(56)28-13-14-31(53)48(11)18-28)66-40(55)23(4)22(3)29-15-16-47-17-30(29)42(57)59-19-43(32,9)67-46/h13-18,21-23,32-38,58H,12,19-20H2,1-11H3/t21?,22-,23-,32+,33+,34-,35+,36-,37+,38-,43-,44-,45+,46-/m0/s1. The lowest BCUT2D eigenvalue weighted by molar-refractivity contribution is -0.386. The number of aromatic nitrogens is 2. The number of aryl methyl sites for hydroxylation is 1. The van der Waals surface area contributed by atoms with Crippen molar-refractivity contribution in [2.75, 3.05) is 13.2 Å². The molecule has 6 rings (SSSR count). The third-order valence-corrected chi connectivity index (χ3v) is 13.7. The first-order valence-electron chi connectivity index (χ1n) is 21.8. The molecule has 2 saturated carbocycles. The summed E-state index contributed by atoms with van der Waals surface area (Å²) in [7, 11) is 1.35. The Morgan fingerprint density at radius 3 is 2.03 bits per heavy atom. The van der Waals surface area contributed by atoms with Crippen molar-refractivity contribution in [3.8, 4) is 0 Å². The van der Waals surface area contributed by atoms with E-state index < -0.39 is 149 Å². The van der Waals surface area contributed by atoms with Crippen molar-refractivity contribution < 1.29 is 86.1 Å². The minimum Gasteiger partial charge on any atom is -0.464 e. The van der Waals surface area contributed by atoms with Crippen molar-refractivity contribution in [1.29, 1.82) is 0 Å². The number of esters is 8. The van der Waals surface area contributed by atoms with E-state index in [0.29, 0.717) is 0 Å². The summed E-state index contributed by atoms with van der Waals surface area (Å²) in [6.07, 6.45) is -8.67. The van der Waals surface area contributed by atoms with Gasteiger partial charge in [0, 0.05) is 59.4 Å². The molecule has 0 amide bonds. The first-order valence-corrected chi connectivity index (χ1v) is 21.8. The zero-order valence-corrected chi connectivity index (χ0v) is 39.0. The van der Waals surface area contributed by atoms with Gasteiger partial charge in [-0.1, -0.05) is 27.7 Å². The summed E-state index contributed by atoms with van der Waals surface area (Å²) in [4.78, 5) is 128. The van der Waals surface area contributed by atoms with E-state index in [1.807, 2.05) is 0 Å². The lowest BCUT2D eigenvalue weighted by Gasteiger charge is -2.67. The van der Waals surface area contributed by atoms with Gasteiger partial charge in [-0.15, -0.1) is 0 Å². The van der Waals surface area contributed by atoms with Gasteiger partial charge in [-0.05, 0) is 43.9 Å². The molecule has 1 N–H and O–H groups in total. The van der Waals surface area contributed by atoms with Crippen LogP contribution in [0.3, 0.4) is 0 Å². The van der Waals surface area contributed by atoms with Crippen LogP contribution in [0.5, 0.6) is 0 Å². The van der Waals surface area contributed by atoms with Gasteiger partial charge in [0.1, 0.15) is 42.0 Å². The third-order valence-electron chi connectivity index (χ3n) is 13.7. The van der Waals surface area contributed by atoms with E-state index in [2.05, 4.69) is 4.98 Å². The van der Waals surface area contributed by atoms with Gasteiger partial charge < -0.3 is 52.3 Å². The van der Waals surface area contributed by atoms with E-state index in [1.54, 1.807) is 13.8 Å². The fourth-order valence-electron chi connectivity index (χ4n) is 10.3. The minimum atomic E-state index is -2.94. The highest BCUT2D eigenvalue weighted by Gasteiger charge is 2.92. The van der Waals surface area contributed by atoms with E-state index in [4.69, 9.17) is 42.6 Å². The van der Waals surface area contributed by atoms with Gasteiger partial charge in [-0.2, -0.15) is 0 Å². The average molecular weight is 941 g/mol. The van der Waals surface area contributed by atoms with Crippen LogP contribution in [0, 0.1) is 23.2 Å². The van der Waals surface area contributed by atoms with Gasteiger partial charge in [-0.3, -0.25) is 38.5 Å². The number of rotatable bonds is 10. The van der Waals surface area contributed by atoms with Crippen LogP contribution in [0.2, 0.25) is 0 Å². The molecule has 2 aromatic heterocycles. The smallest absolute Gasteiger partial charge is 0.340 e. The van der Waals surface area contributed by atoms with Gasteiger partial charge in [0.15, 0.2) is 30.0 Å². The fourth-order valence-corrected chi connectivity index (χ4v) is 10.3. The molecule has 1 saturated heterocycles. The highest BCUT2D eigenvalue weighted by molar-refractivity contribution is 5.91. The molecule has 67 heavy (non-hydrogen) atoms. The number of carbonyl (C=O) groups excluding carboxylic acids is 8. The van der Waals surface area contributed by atoms with Crippen LogP contribution in [-0.4, -0.2) is 129 Å². The normalized spacial score (nSPS) is 34.7. The molecule has 2 aliphatic heterocycles. The molecule has 0 aromatic carbocycles. The lowest BCUT2D eigenvalue weighted by atomic mass is 9.45. The van der Waals surface area contributed by atoms with Crippen LogP contribution in [0.1, 0.15) is 108 Å². The van der Waals surface area contributed by atoms with Crippen molar-refractivity contribution in [1.82, 2.24) is 9.55 Å². The van der Waals surface area contributed by atoms with Crippen LogP contribution < -0.4 is 5.56 Å². The summed E-state index contributed by atoms with van der Waals surface area (Å²) in [6, 6.07) is 3.68. The molecule has 1 unspecified atom stereocenters. The maximum atomic E-state index is 14.8. The van der Waals surface area contributed by atoms with Crippen LogP contribution in [0.15, 0.2) is 41.6 Å². The Morgan fingerprint density at radius 2 is 1.45 bits per heavy atom. The number of cyclic esters (lactones) is 1. The summed E-state index contributed by atoms with van der Waals surface area (Å²) in [5.41, 5.74) is -11.2. The highest BCUT2D eigenvalue weighted by atomic mass is 16.7. The Labute approximate surface area is 385 Å². The lowest BCUT2D eigenvalue weighted by Crippen LogP contribution is -2.89. The van der Waals surface area contributed by atoms with E-state index in [1.165, 1.54) is 46.3 Å². The quantitative estimate of drug-likeness (QED) is 0.264. The topological polar surface area (TPSA) is 275 Å². The molecule has 2 aliphatic carbocycles. The van der Waals surface area contributed by atoms with Crippen molar-refractivity contribution in [2.24, 2.45) is 30.2 Å². The van der Waals surface area contributed by atoms with Crippen LogP contribution in [0.4, 0.5) is 0 Å². The Bertz CT molecular complexity index is 2410. The summed E-state index contributed by atoms with van der Waals surface area (Å²) in [6.45, 7) is 10.8. The summed E-state index contributed by atoms with van der Waals surface area (Å²) in [5.74, 6) is -12.9. The van der Waals surface area contributed by atoms with E-state index in [-0.39, 0.29) is 23.1 Å². The molecule has 14 atom stereocenters. The number of fused-ring (bicyclic) bond motifs is 5. The second-order valence-electron chi connectivity index (χ2n) is 18.2. The Morgan fingerprint density at radius 1 is 0.851 bits per heavy atom. The van der Waals surface area contributed by atoms with Crippen molar-refractivity contribution in [2.45, 2.75) is 135 Å². The number of hydrogen-bond donors (Lipinski definition) is 1. The van der Waals surface area contributed by atoms with Crippen LogP contribution in [-0.2, 0) is 78.4 Å². The van der Waals surface area contributed by atoms with E-state index in [9.17, 15) is 48.3 Å². The second kappa shape index (κ2) is 18.5. The Balaban J connectivity index is 1.81. The van der Waals surface area contributed by atoms with Gasteiger partial charge in [0.2, 0.25) is 5.56 Å². The molecule has 3 fully saturated rings. The number of nitrogens with zero attached hydrogens (tertiary/aromatic N) is 2. The number of carbonyl (C=O) groups is 8. The van der Waals surface area contributed by atoms with E-state index in [0.717, 1.165) is 57.5 Å². The summed E-state index contributed by atoms with van der Waals surface area (Å²) >= 11 is 0. The van der Waals surface area contributed by atoms with Gasteiger partial charge >= 0.3 is 47.8 Å². The molecule has 1 spiro atoms. The second-order valence-corrected chi connectivity index (χ2v) is 18.2. The zero-order chi connectivity index (χ0) is 49.7. The molecule has 4 heterocycles. The molecule has 364 valence electrons. The van der Waals surface area contributed by atoms with Gasteiger partial charge in [-0.25, -0.2) is 9.59 Å². The number of hydrogen-bond acceptors (Lipinski definition) is 20. The minimum absolute atomic E-state index is 0.0715. The average Bonchev–Trinajstić information content (AvgIpc) is 3.48. The first-order chi connectivity index (χ1) is 31.3. The van der Waals surface area contributed by atoms with Crippen LogP contribution in [0.25, 0.3) is 0 Å². The van der Waals surface area contributed by atoms with Gasteiger partial charge in [0.25, 0.3) is 0 Å². The van der Waals surface area contributed by atoms with E-state index >= 15 is 0 Å². The Kier molecular flexibility index (Phi) is 13.8. The molecular formula is C46H56N2O19. The maximum Gasteiger partial charge on any atom is 0.340 e. The summed E-state index contributed by atoms with van der Waals surface area (Å²) < 4.78 is 57.3. The van der Waals surface area contributed by atoms with Crippen molar-refractivity contribution >= 4 is 47.8 Å². The molecular weight excluding hydrogens is 885 g/mol. The van der Waals surface area contributed by atoms with Crippen LogP contribution >= 0.6 is 0 Å². The zero-order valence-electron chi connectivity index (χ0n) is 39.0. The maximum absolute atomic E-state index is 14.8.